The van der Waals surface area contributed by atoms with Crippen LogP contribution in [0.1, 0.15) is 10.6 Å². The first-order valence-electron chi connectivity index (χ1n) is 10.3. The van der Waals surface area contributed by atoms with Gasteiger partial charge in [0, 0.05) is 17.3 Å². The fourth-order valence-corrected chi connectivity index (χ4v) is 4.11. The molecule has 2 heterocycles. The number of nitro benzene ring substituents is 1. The Balaban J connectivity index is 1.37. The number of halogens is 1. The number of para-hydroxylation sites is 1. The minimum absolute atomic E-state index is 0.0159. The molecule has 174 valence electrons. The number of nitrogens with zero attached hydrogens (tertiary/aromatic N) is 2. The third kappa shape index (κ3) is 4.38. The lowest BCUT2D eigenvalue weighted by Crippen LogP contribution is -2.10. The lowest BCUT2D eigenvalue weighted by atomic mass is 10.1. The van der Waals surface area contributed by atoms with E-state index in [4.69, 9.17) is 13.6 Å². The molecule has 1 N–H and O–H groups in total. The van der Waals surface area contributed by atoms with Crippen molar-refractivity contribution in [3.8, 4) is 28.5 Å². The first-order valence-corrected chi connectivity index (χ1v) is 11.1. The number of amides is 1. The number of rotatable bonds is 6. The minimum Gasteiger partial charge on any atom is -0.496 e. The van der Waals surface area contributed by atoms with Gasteiger partial charge in [0.15, 0.2) is 11.3 Å². The number of nitrogens with one attached hydrogen (secondary N) is 1. The molecule has 0 atom stereocenters. The maximum Gasteiger partial charge on any atom is 0.291 e. The number of furan rings is 1. The number of methoxy groups -OCH3 is 1. The molecule has 1 amide bonds. The van der Waals surface area contributed by atoms with E-state index in [1.807, 2.05) is 18.2 Å². The summed E-state index contributed by atoms with van der Waals surface area (Å²) in [6.07, 6.45) is 0. The Hall–Kier alpha value is -4.44. The summed E-state index contributed by atoms with van der Waals surface area (Å²) in [4.78, 5) is 28.1. The van der Waals surface area contributed by atoms with E-state index in [1.54, 1.807) is 43.5 Å². The van der Waals surface area contributed by atoms with Gasteiger partial charge in [-0.2, -0.15) is 0 Å². The van der Waals surface area contributed by atoms with Gasteiger partial charge in [-0.15, -0.1) is 0 Å². The smallest absolute Gasteiger partial charge is 0.291 e. The van der Waals surface area contributed by atoms with Crippen molar-refractivity contribution in [2.75, 3.05) is 12.4 Å². The molecule has 0 aliphatic carbocycles. The van der Waals surface area contributed by atoms with Gasteiger partial charge in [-0.3, -0.25) is 14.9 Å². The summed E-state index contributed by atoms with van der Waals surface area (Å²) < 4.78 is 17.5. The number of nitro groups is 1. The standard InChI is InChI=1S/C25H16BrN3O6/c1-33-21-8-6-14(12-17(21)26)25-28-18-13-15(7-9-22(18)35-25)27-24(30)23-11-10-20(34-23)16-4-2-3-5-19(16)29(31)32/h2-13H,1H3,(H,27,30). The number of fused-ring (bicyclic) bond motifs is 1. The van der Waals surface area contributed by atoms with Crippen molar-refractivity contribution in [2.45, 2.75) is 0 Å². The maximum atomic E-state index is 12.7. The van der Waals surface area contributed by atoms with Crippen LogP contribution in [0.4, 0.5) is 11.4 Å². The molecule has 0 unspecified atom stereocenters. The summed E-state index contributed by atoms with van der Waals surface area (Å²) in [6, 6.07) is 19.7. The Kier molecular flexibility index (Phi) is 5.79. The predicted molar refractivity (Wildman–Crippen MR) is 132 cm³/mol. The molecular formula is C25H16BrN3O6. The third-order valence-electron chi connectivity index (χ3n) is 5.24. The number of carbonyl (C=O) groups excluding carboxylic acids is 1. The van der Waals surface area contributed by atoms with Crippen LogP contribution in [-0.2, 0) is 0 Å². The van der Waals surface area contributed by atoms with Gasteiger partial charge in [-0.1, -0.05) is 12.1 Å². The second-order valence-electron chi connectivity index (χ2n) is 7.44. The van der Waals surface area contributed by atoms with E-state index in [0.717, 1.165) is 10.0 Å². The largest absolute Gasteiger partial charge is 0.496 e. The van der Waals surface area contributed by atoms with Gasteiger partial charge in [0.1, 0.15) is 17.0 Å². The molecule has 0 aliphatic heterocycles. The summed E-state index contributed by atoms with van der Waals surface area (Å²) in [5.74, 6) is 0.855. The maximum absolute atomic E-state index is 12.7. The average molecular weight is 534 g/mol. The predicted octanol–water partition coefficient (Wildman–Crippen LogP) is 6.69. The molecule has 0 fully saturated rings. The van der Waals surface area contributed by atoms with Crippen molar-refractivity contribution in [1.29, 1.82) is 0 Å². The van der Waals surface area contributed by atoms with Crippen LogP contribution < -0.4 is 10.1 Å². The van der Waals surface area contributed by atoms with Crippen molar-refractivity contribution < 1.29 is 23.3 Å². The van der Waals surface area contributed by atoms with Gasteiger partial charge in [0.25, 0.3) is 11.6 Å². The Labute approximate surface area is 206 Å². The second kappa shape index (κ2) is 9.07. The number of aromatic nitrogens is 1. The molecule has 0 aliphatic rings. The van der Waals surface area contributed by atoms with E-state index < -0.39 is 10.8 Å². The Morgan fingerprint density at radius 2 is 1.89 bits per heavy atom. The number of benzene rings is 3. The highest BCUT2D eigenvalue weighted by atomic mass is 79.9. The van der Waals surface area contributed by atoms with Crippen molar-refractivity contribution in [2.24, 2.45) is 0 Å². The van der Waals surface area contributed by atoms with Gasteiger partial charge in [-0.25, -0.2) is 4.98 Å². The van der Waals surface area contributed by atoms with Crippen LogP contribution in [-0.4, -0.2) is 22.9 Å². The highest BCUT2D eigenvalue weighted by molar-refractivity contribution is 9.10. The van der Waals surface area contributed by atoms with Crippen molar-refractivity contribution in [3.63, 3.8) is 0 Å². The zero-order valence-corrected chi connectivity index (χ0v) is 19.7. The number of ether oxygens (including phenoxy) is 1. The number of hydrogen-bond acceptors (Lipinski definition) is 7. The van der Waals surface area contributed by atoms with E-state index in [9.17, 15) is 14.9 Å². The van der Waals surface area contributed by atoms with Crippen LogP contribution in [0.25, 0.3) is 33.9 Å². The number of anilines is 1. The SMILES string of the molecule is COc1ccc(-c2nc3cc(NC(=O)c4ccc(-c5ccccc5[N+](=O)[O-])o4)ccc3o2)cc1Br. The molecule has 5 aromatic rings. The fourth-order valence-electron chi connectivity index (χ4n) is 3.57. The molecule has 0 saturated carbocycles. The summed E-state index contributed by atoms with van der Waals surface area (Å²) in [7, 11) is 1.59. The van der Waals surface area contributed by atoms with Gasteiger partial charge in [-0.05, 0) is 70.5 Å². The highest BCUT2D eigenvalue weighted by Crippen LogP contribution is 2.33. The van der Waals surface area contributed by atoms with E-state index in [1.165, 1.54) is 18.2 Å². The molecule has 9 nitrogen and oxygen atoms in total. The summed E-state index contributed by atoms with van der Waals surface area (Å²) >= 11 is 3.45. The van der Waals surface area contributed by atoms with Crippen LogP contribution >= 0.6 is 15.9 Å². The van der Waals surface area contributed by atoms with Gasteiger partial charge in [0.05, 0.1) is 22.1 Å². The number of carbonyl (C=O) groups is 1. The van der Waals surface area contributed by atoms with Crippen LogP contribution in [0, 0.1) is 10.1 Å². The molecule has 0 radical (unpaired) electrons. The minimum atomic E-state index is -0.503. The third-order valence-corrected chi connectivity index (χ3v) is 5.86. The zero-order valence-electron chi connectivity index (χ0n) is 18.2. The zero-order chi connectivity index (χ0) is 24.5. The average Bonchev–Trinajstić information content (AvgIpc) is 3.51. The summed E-state index contributed by atoms with van der Waals surface area (Å²) in [5.41, 5.74) is 2.55. The normalized spacial score (nSPS) is 10.9. The fraction of sp³-hybridized carbons (Fsp3) is 0.0400. The molecule has 35 heavy (non-hydrogen) atoms. The van der Waals surface area contributed by atoms with Crippen molar-refractivity contribution in [3.05, 3.63) is 93.1 Å². The Bertz CT molecular complexity index is 1590. The molecule has 5 rings (SSSR count). The van der Waals surface area contributed by atoms with Crippen LogP contribution in [0.5, 0.6) is 5.75 Å². The molecule has 0 spiro atoms. The van der Waals surface area contributed by atoms with E-state index in [0.29, 0.717) is 34.0 Å². The molecule has 2 aromatic heterocycles. The molecule has 3 aromatic carbocycles. The lowest BCUT2D eigenvalue weighted by molar-refractivity contribution is -0.384. The monoisotopic (exact) mass is 533 g/mol. The number of oxazole rings is 1. The lowest BCUT2D eigenvalue weighted by Gasteiger charge is -2.03. The van der Waals surface area contributed by atoms with E-state index in [-0.39, 0.29) is 17.2 Å². The quantitative estimate of drug-likeness (QED) is 0.190. The van der Waals surface area contributed by atoms with Crippen LogP contribution in [0.3, 0.4) is 0 Å². The Morgan fingerprint density at radius 1 is 1.06 bits per heavy atom. The summed E-state index contributed by atoms with van der Waals surface area (Å²) in [6.45, 7) is 0. The number of hydrogen-bond donors (Lipinski definition) is 1. The van der Waals surface area contributed by atoms with Crippen LogP contribution in [0.15, 0.2) is 86.1 Å². The van der Waals surface area contributed by atoms with E-state index >= 15 is 0 Å². The molecule has 0 bridgehead atoms. The van der Waals surface area contributed by atoms with Crippen molar-refractivity contribution in [1.82, 2.24) is 4.98 Å². The van der Waals surface area contributed by atoms with Crippen LogP contribution in [0.2, 0.25) is 0 Å². The summed E-state index contributed by atoms with van der Waals surface area (Å²) in [5, 5.41) is 14.0. The second-order valence-corrected chi connectivity index (χ2v) is 8.30. The van der Waals surface area contributed by atoms with Gasteiger partial charge >= 0.3 is 0 Å². The van der Waals surface area contributed by atoms with E-state index in [2.05, 4.69) is 26.2 Å². The van der Waals surface area contributed by atoms with Crippen molar-refractivity contribution >= 4 is 44.3 Å². The Morgan fingerprint density at radius 3 is 2.66 bits per heavy atom. The van der Waals surface area contributed by atoms with Gasteiger partial charge in [0.2, 0.25) is 5.89 Å². The molecule has 10 heteroatoms. The highest BCUT2D eigenvalue weighted by Gasteiger charge is 2.20. The van der Waals surface area contributed by atoms with Gasteiger partial charge < -0.3 is 18.9 Å². The molecular weight excluding hydrogens is 518 g/mol. The first-order chi connectivity index (χ1) is 16.9. The first kappa shape index (κ1) is 22.4. The molecule has 0 saturated heterocycles. The topological polar surface area (TPSA) is 121 Å².